The van der Waals surface area contributed by atoms with E-state index >= 15 is 0 Å². The van der Waals surface area contributed by atoms with Crippen LogP contribution in [0.2, 0.25) is 0 Å². The highest BCUT2D eigenvalue weighted by atomic mass is 16.6. The largest absolute Gasteiger partial charge is 0.450 e. The molecule has 0 aromatic carbocycles. The first-order chi connectivity index (χ1) is 12.6. The van der Waals surface area contributed by atoms with Crippen molar-refractivity contribution in [2.24, 2.45) is 0 Å². The Morgan fingerprint density at radius 3 is 2.19 bits per heavy atom. The SMILES string of the molecule is CCOC(=O)N1CCN(C(=O)c2cnc(N3CCN(C)CC3)cn2)CC1. The first-order valence-electron chi connectivity index (χ1n) is 9.05. The van der Waals surface area contributed by atoms with E-state index in [0.717, 1.165) is 32.0 Å². The van der Waals surface area contributed by atoms with Gasteiger partial charge in [0.25, 0.3) is 5.91 Å². The molecule has 2 saturated heterocycles. The zero-order valence-corrected chi connectivity index (χ0v) is 15.4. The third-order valence-electron chi connectivity index (χ3n) is 4.78. The summed E-state index contributed by atoms with van der Waals surface area (Å²) in [4.78, 5) is 40.8. The minimum absolute atomic E-state index is 0.147. The molecule has 26 heavy (non-hydrogen) atoms. The Hall–Kier alpha value is -2.42. The van der Waals surface area contributed by atoms with Crippen molar-refractivity contribution < 1.29 is 14.3 Å². The van der Waals surface area contributed by atoms with Gasteiger partial charge in [0.15, 0.2) is 0 Å². The van der Waals surface area contributed by atoms with Crippen LogP contribution in [0.25, 0.3) is 0 Å². The molecule has 0 N–H and O–H groups in total. The highest BCUT2D eigenvalue weighted by molar-refractivity contribution is 5.92. The van der Waals surface area contributed by atoms with Crippen LogP contribution in [0.5, 0.6) is 0 Å². The van der Waals surface area contributed by atoms with E-state index in [1.807, 2.05) is 0 Å². The maximum atomic E-state index is 12.6. The van der Waals surface area contributed by atoms with Gasteiger partial charge in [0.05, 0.1) is 19.0 Å². The average Bonchev–Trinajstić information content (AvgIpc) is 2.68. The molecular formula is C17H26N6O3. The van der Waals surface area contributed by atoms with Crippen molar-refractivity contribution in [1.29, 1.82) is 0 Å². The van der Waals surface area contributed by atoms with Gasteiger partial charge in [-0.1, -0.05) is 0 Å². The highest BCUT2D eigenvalue weighted by Crippen LogP contribution is 2.13. The van der Waals surface area contributed by atoms with E-state index in [9.17, 15) is 9.59 Å². The Labute approximate surface area is 153 Å². The van der Waals surface area contributed by atoms with Crippen molar-refractivity contribution in [2.75, 3.05) is 70.9 Å². The van der Waals surface area contributed by atoms with Crippen LogP contribution >= 0.6 is 0 Å². The molecule has 0 spiro atoms. The number of carbonyl (C=O) groups excluding carboxylic acids is 2. The maximum absolute atomic E-state index is 12.6. The third kappa shape index (κ3) is 4.21. The maximum Gasteiger partial charge on any atom is 0.409 e. The fraction of sp³-hybridized carbons (Fsp3) is 0.647. The van der Waals surface area contributed by atoms with Gasteiger partial charge in [-0.2, -0.15) is 0 Å². The van der Waals surface area contributed by atoms with Crippen LogP contribution in [-0.2, 0) is 4.74 Å². The minimum Gasteiger partial charge on any atom is -0.450 e. The van der Waals surface area contributed by atoms with Crippen LogP contribution < -0.4 is 4.90 Å². The average molecular weight is 362 g/mol. The Morgan fingerprint density at radius 2 is 1.62 bits per heavy atom. The first-order valence-corrected chi connectivity index (χ1v) is 9.05. The molecule has 9 nitrogen and oxygen atoms in total. The fourth-order valence-corrected chi connectivity index (χ4v) is 3.10. The molecule has 142 valence electrons. The standard InChI is InChI=1S/C17H26N6O3/c1-3-26-17(25)23-10-8-22(9-11-23)16(24)14-12-19-15(13-18-14)21-6-4-20(2)5-7-21/h12-13H,3-11H2,1-2H3. The van der Waals surface area contributed by atoms with Gasteiger partial charge in [-0.05, 0) is 14.0 Å². The van der Waals surface area contributed by atoms with E-state index < -0.39 is 0 Å². The van der Waals surface area contributed by atoms with Gasteiger partial charge in [0, 0.05) is 52.4 Å². The molecule has 0 unspecified atom stereocenters. The topological polar surface area (TPSA) is 82.1 Å². The molecule has 3 heterocycles. The summed E-state index contributed by atoms with van der Waals surface area (Å²) in [7, 11) is 2.10. The molecule has 1 aromatic heterocycles. The van der Waals surface area contributed by atoms with E-state index in [0.29, 0.717) is 38.5 Å². The van der Waals surface area contributed by atoms with Crippen LogP contribution in [0.3, 0.4) is 0 Å². The van der Waals surface area contributed by atoms with E-state index in [1.165, 1.54) is 0 Å². The molecular weight excluding hydrogens is 336 g/mol. The van der Waals surface area contributed by atoms with Crippen LogP contribution in [0.15, 0.2) is 12.4 Å². The Kier molecular flexibility index (Phi) is 5.87. The second-order valence-electron chi connectivity index (χ2n) is 6.53. The summed E-state index contributed by atoms with van der Waals surface area (Å²) in [6, 6.07) is 0. The van der Waals surface area contributed by atoms with E-state index in [1.54, 1.807) is 29.1 Å². The zero-order valence-electron chi connectivity index (χ0n) is 15.4. The Morgan fingerprint density at radius 1 is 0.962 bits per heavy atom. The monoisotopic (exact) mass is 362 g/mol. The third-order valence-corrected chi connectivity index (χ3v) is 4.78. The number of likely N-dealkylation sites (N-methyl/N-ethyl adjacent to an activating group) is 1. The number of anilines is 1. The van der Waals surface area contributed by atoms with Gasteiger partial charge in [-0.25, -0.2) is 14.8 Å². The van der Waals surface area contributed by atoms with E-state index in [4.69, 9.17) is 4.74 Å². The van der Waals surface area contributed by atoms with Gasteiger partial charge in [-0.3, -0.25) is 4.79 Å². The summed E-state index contributed by atoms with van der Waals surface area (Å²) in [5.41, 5.74) is 0.340. The summed E-state index contributed by atoms with van der Waals surface area (Å²) in [6.07, 6.45) is 2.90. The summed E-state index contributed by atoms with van der Waals surface area (Å²) in [6.45, 7) is 7.83. The van der Waals surface area contributed by atoms with Crippen molar-refractivity contribution in [2.45, 2.75) is 6.92 Å². The van der Waals surface area contributed by atoms with Crippen molar-refractivity contribution in [1.82, 2.24) is 24.7 Å². The Bertz CT molecular complexity index is 622. The molecule has 0 aliphatic carbocycles. The van der Waals surface area contributed by atoms with Crippen molar-refractivity contribution in [3.8, 4) is 0 Å². The lowest BCUT2D eigenvalue weighted by Crippen LogP contribution is -2.50. The number of carbonyl (C=O) groups is 2. The van der Waals surface area contributed by atoms with Gasteiger partial charge < -0.3 is 24.3 Å². The van der Waals surface area contributed by atoms with Crippen molar-refractivity contribution in [3.63, 3.8) is 0 Å². The molecule has 2 aliphatic heterocycles. The molecule has 3 rings (SSSR count). The quantitative estimate of drug-likeness (QED) is 0.757. The highest BCUT2D eigenvalue weighted by Gasteiger charge is 2.26. The van der Waals surface area contributed by atoms with Gasteiger partial charge >= 0.3 is 6.09 Å². The number of hydrogen-bond donors (Lipinski definition) is 0. The number of rotatable bonds is 3. The van der Waals surface area contributed by atoms with Crippen LogP contribution in [0.4, 0.5) is 10.6 Å². The smallest absolute Gasteiger partial charge is 0.409 e. The predicted octanol–water partition coefficient (Wildman–Crippen LogP) is 0.143. The van der Waals surface area contributed by atoms with Crippen LogP contribution in [-0.4, -0.2) is 103 Å². The molecule has 2 fully saturated rings. The fourth-order valence-electron chi connectivity index (χ4n) is 3.10. The molecule has 2 amide bonds. The second kappa shape index (κ2) is 8.31. The molecule has 0 radical (unpaired) electrons. The van der Waals surface area contributed by atoms with Gasteiger partial charge in [0.2, 0.25) is 0 Å². The number of hydrogen-bond acceptors (Lipinski definition) is 7. The Balaban J connectivity index is 1.55. The molecule has 2 aliphatic rings. The molecule has 0 atom stereocenters. The lowest BCUT2D eigenvalue weighted by molar-refractivity contribution is 0.0565. The van der Waals surface area contributed by atoms with Crippen molar-refractivity contribution >= 4 is 17.8 Å². The molecule has 0 saturated carbocycles. The van der Waals surface area contributed by atoms with Crippen LogP contribution in [0, 0.1) is 0 Å². The summed E-state index contributed by atoms with van der Waals surface area (Å²) >= 11 is 0. The molecule has 1 aromatic rings. The van der Waals surface area contributed by atoms with Crippen LogP contribution in [0.1, 0.15) is 17.4 Å². The predicted molar refractivity (Wildman–Crippen MR) is 96.2 cm³/mol. The van der Waals surface area contributed by atoms with E-state index in [-0.39, 0.29) is 12.0 Å². The summed E-state index contributed by atoms with van der Waals surface area (Å²) < 4.78 is 4.99. The number of ether oxygens (including phenoxy) is 1. The first kappa shape index (κ1) is 18.4. The summed E-state index contributed by atoms with van der Waals surface area (Å²) in [5.74, 6) is 0.660. The summed E-state index contributed by atoms with van der Waals surface area (Å²) in [5, 5.41) is 0. The van der Waals surface area contributed by atoms with Gasteiger partial charge in [0.1, 0.15) is 11.5 Å². The van der Waals surface area contributed by atoms with Gasteiger partial charge in [-0.15, -0.1) is 0 Å². The molecule has 0 bridgehead atoms. The normalized spacial score (nSPS) is 18.8. The second-order valence-corrected chi connectivity index (χ2v) is 6.53. The molecule has 9 heteroatoms. The number of amides is 2. The minimum atomic E-state index is -0.323. The number of aromatic nitrogens is 2. The van der Waals surface area contributed by atoms with Crippen molar-refractivity contribution in [3.05, 3.63) is 18.1 Å². The lowest BCUT2D eigenvalue weighted by atomic mass is 10.3. The number of piperazine rings is 2. The lowest BCUT2D eigenvalue weighted by Gasteiger charge is -2.34. The van der Waals surface area contributed by atoms with E-state index in [2.05, 4.69) is 26.8 Å². The number of nitrogens with zero attached hydrogens (tertiary/aromatic N) is 6. The zero-order chi connectivity index (χ0) is 18.5.